The van der Waals surface area contributed by atoms with Crippen LogP contribution in [0.4, 0.5) is 18.9 Å². The third-order valence-electron chi connectivity index (χ3n) is 2.61. The fourth-order valence-electron chi connectivity index (χ4n) is 1.66. The number of amides is 1. The van der Waals surface area contributed by atoms with Gasteiger partial charge in [0.15, 0.2) is 0 Å². The van der Waals surface area contributed by atoms with Gasteiger partial charge in [0.05, 0.1) is 12.2 Å². The van der Waals surface area contributed by atoms with E-state index in [1.54, 1.807) is 6.92 Å². The molecule has 2 rings (SSSR count). The number of carbonyl (C=O) groups is 1. The molecule has 1 amide bonds. The van der Waals surface area contributed by atoms with Crippen molar-refractivity contribution in [3.63, 3.8) is 0 Å². The van der Waals surface area contributed by atoms with Crippen molar-refractivity contribution in [1.82, 2.24) is 9.97 Å². The van der Waals surface area contributed by atoms with Crippen molar-refractivity contribution in [2.45, 2.75) is 13.1 Å². The van der Waals surface area contributed by atoms with Gasteiger partial charge in [-0.2, -0.15) is 13.2 Å². The highest BCUT2D eigenvalue weighted by atomic mass is 19.4. The van der Waals surface area contributed by atoms with E-state index in [1.807, 2.05) is 0 Å². The minimum absolute atomic E-state index is 0.00383. The molecule has 0 bridgehead atoms. The van der Waals surface area contributed by atoms with Crippen LogP contribution in [0.5, 0.6) is 5.88 Å². The first-order chi connectivity index (χ1) is 10.4. The average Bonchev–Trinajstić information content (AvgIpc) is 2.47. The van der Waals surface area contributed by atoms with Crippen molar-refractivity contribution in [3.05, 3.63) is 47.9 Å². The fourth-order valence-corrected chi connectivity index (χ4v) is 1.66. The van der Waals surface area contributed by atoms with Crippen LogP contribution in [0.2, 0.25) is 0 Å². The van der Waals surface area contributed by atoms with Gasteiger partial charge in [-0.05, 0) is 25.1 Å². The van der Waals surface area contributed by atoms with Crippen LogP contribution in [-0.4, -0.2) is 22.5 Å². The topological polar surface area (TPSA) is 64.1 Å². The number of nitrogens with one attached hydrogen (secondary N) is 1. The molecule has 116 valence electrons. The molecule has 0 saturated heterocycles. The number of aromatic nitrogens is 2. The summed E-state index contributed by atoms with van der Waals surface area (Å²) in [6, 6.07) is 5.66. The maximum Gasteiger partial charge on any atom is 0.416 e. The van der Waals surface area contributed by atoms with E-state index in [0.29, 0.717) is 6.61 Å². The van der Waals surface area contributed by atoms with Crippen molar-refractivity contribution in [2.75, 3.05) is 11.9 Å². The third-order valence-corrected chi connectivity index (χ3v) is 2.61. The minimum atomic E-state index is -4.47. The highest BCUT2D eigenvalue weighted by Crippen LogP contribution is 2.30. The molecule has 1 N–H and O–H groups in total. The first kappa shape index (κ1) is 15.7. The summed E-state index contributed by atoms with van der Waals surface area (Å²) in [6.45, 7) is 2.12. The molecule has 1 aromatic carbocycles. The summed E-state index contributed by atoms with van der Waals surface area (Å²) in [6.07, 6.45) is -3.33. The molecule has 0 aliphatic carbocycles. The zero-order chi connectivity index (χ0) is 16.2. The number of rotatable bonds is 4. The van der Waals surface area contributed by atoms with Gasteiger partial charge in [0.1, 0.15) is 12.0 Å². The Kier molecular flexibility index (Phi) is 4.59. The second-order valence-electron chi connectivity index (χ2n) is 4.21. The summed E-state index contributed by atoms with van der Waals surface area (Å²) in [7, 11) is 0. The number of hydrogen-bond acceptors (Lipinski definition) is 4. The Hall–Kier alpha value is -2.64. The summed E-state index contributed by atoms with van der Waals surface area (Å²) in [5.74, 6) is -0.436. The molecule has 22 heavy (non-hydrogen) atoms. The molecule has 0 aliphatic rings. The molecule has 1 heterocycles. The summed E-state index contributed by atoms with van der Waals surface area (Å²) in [4.78, 5) is 19.6. The number of anilines is 1. The molecular formula is C14H12F3N3O2. The van der Waals surface area contributed by atoms with Crippen LogP contribution < -0.4 is 10.1 Å². The van der Waals surface area contributed by atoms with Crippen LogP contribution >= 0.6 is 0 Å². The van der Waals surface area contributed by atoms with Gasteiger partial charge in [-0.25, -0.2) is 9.97 Å². The quantitative estimate of drug-likeness (QED) is 0.942. The number of halogens is 3. The lowest BCUT2D eigenvalue weighted by atomic mass is 10.2. The Labute approximate surface area is 124 Å². The molecule has 0 radical (unpaired) electrons. The number of benzene rings is 1. The number of alkyl halides is 3. The van der Waals surface area contributed by atoms with Gasteiger partial charge in [0.2, 0.25) is 5.88 Å². The van der Waals surface area contributed by atoms with Crippen LogP contribution in [0.1, 0.15) is 23.0 Å². The predicted octanol–water partition coefficient (Wildman–Crippen LogP) is 3.15. The second kappa shape index (κ2) is 6.42. The second-order valence-corrected chi connectivity index (χ2v) is 4.21. The zero-order valence-electron chi connectivity index (χ0n) is 11.5. The maximum atomic E-state index is 12.6. The normalized spacial score (nSPS) is 11.1. The van der Waals surface area contributed by atoms with Crippen LogP contribution in [0, 0.1) is 0 Å². The Morgan fingerprint density at radius 2 is 2.05 bits per heavy atom. The van der Waals surface area contributed by atoms with Crippen LogP contribution in [0.3, 0.4) is 0 Å². The van der Waals surface area contributed by atoms with Crippen LogP contribution in [-0.2, 0) is 6.18 Å². The SMILES string of the molecule is CCOc1cc(C(=O)Nc2cccc(C(F)(F)F)c2)ncn1. The highest BCUT2D eigenvalue weighted by molar-refractivity contribution is 6.03. The molecule has 0 unspecified atom stereocenters. The van der Waals surface area contributed by atoms with E-state index in [0.717, 1.165) is 18.5 Å². The van der Waals surface area contributed by atoms with E-state index in [9.17, 15) is 18.0 Å². The summed E-state index contributed by atoms with van der Waals surface area (Å²) < 4.78 is 43.0. The summed E-state index contributed by atoms with van der Waals surface area (Å²) in [5, 5.41) is 2.36. The minimum Gasteiger partial charge on any atom is -0.478 e. The van der Waals surface area contributed by atoms with Crippen molar-refractivity contribution >= 4 is 11.6 Å². The molecule has 2 aromatic rings. The third kappa shape index (κ3) is 3.94. The lowest BCUT2D eigenvalue weighted by Gasteiger charge is -2.10. The molecular weight excluding hydrogens is 299 g/mol. The predicted molar refractivity (Wildman–Crippen MR) is 72.6 cm³/mol. The fraction of sp³-hybridized carbons (Fsp3) is 0.214. The van der Waals surface area contributed by atoms with Gasteiger partial charge in [0, 0.05) is 11.8 Å². The Balaban J connectivity index is 2.17. The van der Waals surface area contributed by atoms with Gasteiger partial charge in [-0.15, -0.1) is 0 Å². The van der Waals surface area contributed by atoms with Crippen molar-refractivity contribution < 1.29 is 22.7 Å². The number of carbonyl (C=O) groups excluding carboxylic acids is 1. The van der Waals surface area contributed by atoms with E-state index < -0.39 is 17.6 Å². The van der Waals surface area contributed by atoms with E-state index in [2.05, 4.69) is 15.3 Å². The zero-order valence-corrected chi connectivity index (χ0v) is 11.5. The number of hydrogen-bond donors (Lipinski definition) is 1. The van der Waals surface area contributed by atoms with E-state index in [4.69, 9.17) is 4.74 Å². The van der Waals surface area contributed by atoms with Gasteiger partial charge >= 0.3 is 6.18 Å². The Bertz CT molecular complexity index is 674. The molecule has 5 nitrogen and oxygen atoms in total. The van der Waals surface area contributed by atoms with Crippen molar-refractivity contribution in [1.29, 1.82) is 0 Å². The maximum absolute atomic E-state index is 12.6. The van der Waals surface area contributed by atoms with Gasteiger partial charge in [0.25, 0.3) is 5.91 Å². The lowest BCUT2D eigenvalue weighted by Crippen LogP contribution is -2.15. The monoisotopic (exact) mass is 311 g/mol. The largest absolute Gasteiger partial charge is 0.478 e. The van der Waals surface area contributed by atoms with Crippen molar-refractivity contribution in [3.8, 4) is 5.88 Å². The summed E-state index contributed by atoms with van der Waals surface area (Å²) in [5.41, 5.74) is -0.824. The van der Waals surface area contributed by atoms with E-state index in [-0.39, 0.29) is 17.3 Å². The van der Waals surface area contributed by atoms with E-state index >= 15 is 0 Å². The molecule has 0 atom stereocenters. The Morgan fingerprint density at radius 3 is 2.73 bits per heavy atom. The summed E-state index contributed by atoms with van der Waals surface area (Å²) >= 11 is 0. The number of nitrogens with zero attached hydrogens (tertiary/aromatic N) is 2. The smallest absolute Gasteiger partial charge is 0.416 e. The van der Waals surface area contributed by atoms with E-state index in [1.165, 1.54) is 18.2 Å². The molecule has 8 heteroatoms. The van der Waals surface area contributed by atoms with Crippen LogP contribution in [0.25, 0.3) is 0 Å². The average molecular weight is 311 g/mol. The van der Waals surface area contributed by atoms with Crippen molar-refractivity contribution in [2.24, 2.45) is 0 Å². The molecule has 0 saturated carbocycles. The van der Waals surface area contributed by atoms with Crippen LogP contribution in [0.15, 0.2) is 36.7 Å². The first-order valence-electron chi connectivity index (χ1n) is 6.33. The molecule has 0 fully saturated rings. The van der Waals surface area contributed by atoms with Gasteiger partial charge in [-0.1, -0.05) is 6.07 Å². The number of ether oxygens (including phenoxy) is 1. The molecule has 0 spiro atoms. The van der Waals surface area contributed by atoms with Gasteiger partial charge in [-0.3, -0.25) is 4.79 Å². The lowest BCUT2D eigenvalue weighted by molar-refractivity contribution is -0.137. The molecule has 1 aromatic heterocycles. The standard InChI is InChI=1S/C14H12F3N3O2/c1-2-22-12-7-11(18-8-19-12)13(21)20-10-5-3-4-9(6-10)14(15,16)17/h3-8H,2H2,1H3,(H,20,21). The first-order valence-corrected chi connectivity index (χ1v) is 6.33. The van der Waals surface area contributed by atoms with Gasteiger partial charge < -0.3 is 10.1 Å². The molecule has 0 aliphatic heterocycles. The Morgan fingerprint density at radius 1 is 1.27 bits per heavy atom. The highest BCUT2D eigenvalue weighted by Gasteiger charge is 2.30.